The van der Waals surface area contributed by atoms with Crippen LogP contribution in [0.3, 0.4) is 0 Å². The number of nitrogens with one attached hydrogen (secondary N) is 1. The third-order valence-corrected chi connectivity index (χ3v) is 5.67. The number of rotatable bonds is 6. The zero-order valence-electron chi connectivity index (χ0n) is 13.4. The van der Waals surface area contributed by atoms with Crippen LogP contribution in [0.2, 0.25) is 0 Å². The van der Waals surface area contributed by atoms with Gasteiger partial charge < -0.3 is 5.32 Å². The van der Waals surface area contributed by atoms with Gasteiger partial charge in [-0.25, -0.2) is 0 Å². The molecule has 1 aliphatic carbocycles. The molecule has 0 amide bonds. The van der Waals surface area contributed by atoms with Crippen molar-refractivity contribution < 1.29 is 0 Å². The van der Waals surface area contributed by atoms with Crippen LogP contribution in [0.5, 0.6) is 0 Å². The molecule has 1 saturated heterocycles. The zero-order chi connectivity index (χ0) is 13.7. The summed E-state index contributed by atoms with van der Waals surface area (Å²) in [7, 11) is 0. The molecule has 0 spiro atoms. The average Bonchev–Trinajstić information content (AvgIpc) is 2.95. The fraction of sp³-hybridized carbons (Fsp3) is 1.00. The predicted octanol–water partition coefficient (Wildman–Crippen LogP) is 3.81. The van der Waals surface area contributed by atoms with Gasteiger partial charge in [-0.15, -0.1) is 0 Å². The minimum absolute atomic E-state index is 0.478. The molecule has 2 heteroatoms. The lowest BCUT2D eigenvalue weighted by molar-refractivity contribution is 0.0194. The van der Waals surface area contributed by atoms with Crippen molar-refractivity contribution in [2.75, 3.05) is 19.6 Å². The van der Waals surface area contributed by atoms with E-state index in [0.29, 0.717) is 11.6 Å². The fourth-order valence-corrected chi connectivity index (χ4v) is 4.53. The molecule has 1 heterocycles. The number of piperidine rings is 1. The van der Waals surface area contributed by atoms with E-state index in [9.17, 15) is 0 Å². The Morgan fingerprint density at radius 1 is 1.00 bits per heavy atom. The average molecular weight is 266 g/mol. The molecule has 2 atom stereocenters. The molecule has 0 aromatic carbocycles. The highest BCUT2D eigenvalue weighted by molar-refractivity contribution is 5.05. The van der Waals surface area contributed by atoms with Crippen molar-refractivity contribution in [3.8, 4) is 0 Å². The maximum Gasteiger partial charge on any atom is 0.0365 e. The van der Waals surface area contributed by atoms with Gasteiger partial charge in [0, 0.05) is 11.6 Å². The van der Waals surface area contributed by atoms with Gasteiger partial charge in [-0.3, -0.25) is 4.90 Å². The van der Waals surface area contributed by atoms with Crippen molar-refractivity contribution in [3.63, 3.8) is 0 Å². The summed E-state index contributed by atoms with van der Waals surface area (Å²) >= 11 is 0. The molecular formula is C17H34N2. The van der Waals surface area contributed by atoms with E-state index in [-0.39, 0.29) is 0 Å². The van der Waals surface area contributed by atoms with Gasteiger partial charge in [0.2, 0.25) is 0 Å². The summed E-state index contributed by atoms with van der Waals surface area (Å²) in [6.07, 6.45) is 11.3. The Balaban J connectivity index is 2.19. The lowest BCUT2D eigenvalue weighted by Gasteiger charge is -2.50. The molecule has 2 nitrogen and oxygen atoms in total. The maximum absolute atomic E-state index is 3.87. The van der Waals surface area contributed by atoms with Crippen molar-refractivity contribution in [1.82, 2.24) is 10.2 Å². The van der Waals surface area contributed by atoms with Crippen LogP contribution in [0.1, 0.15) is 72.1 Å². The fourth-order valence-electron chi connectivity index (χ4n) is 4.53. The lowest BCUT2D eigenvalue weighted by atomic mass is 9.77. The van der Waals surface area contributed by atoms with Crippen LogP contribution in [0, 0.1) is 5.92 Å². The summed E-state index contributed by atoms with van der Waals surface area (Å²) in [5.74, 6) is 0.792. The number of likely N-dealkylation sites (N-methyl/N-ethyl adjacent to an activating group) is 1. The Labute approximate surface area is 120 Å². The Hall–Kier alpha value is -0.0800. The van der Waals surface area contributed by atoms with Gasteiger partial charge in [0.05, 0.1) is 0 Å². The lowest BCUT2D eigenvalue weighted by Crippen LogP contribution is -2.63. The maximum atomic E-state index is 3.87. The number of hydrogen-bond acceptors (Lipinski definition) is 2. The summed E-state index contributed by atoms with van der Waals surface area (Å²) in [6.45, 7) is 10.9. The number of hydrogen-bond donors (Lipinski definition) is 1. The molecule has 2 fully saturated rings. The highest BCUT2D eigenvalue weighted by Gasteiger charge is 2.47. The largest absolute Gasteiger partial charge is 0.312 e. The van der Waals surface area contributed by atoms with Crippen LogP contribution in [-0.2, 0) is 0 Å². The highest BCUT2D eigenvalue weighted by atomic mass is 15.2. The third-order valence-electron chi connectivity index (χ3n) is 5.67. The predicted molar refractivity (Wildman–Crippen MR) is 83.5 cm³/mol. The van der Waals surface area contributed by atoms with E-state index >= 15 is 0 Å². The third kappa shape index (κ3) is 3.16. The molecule has 0 bridgehead atoms. The van der Waals surface area contributed by atoms with E-state index in [0.717, 1.165) is 12.5 Å². The second-order valence-corrected chi connectivity index (χ2v) is 6.78. The number of likely N-dealkylation sites (tertiary alicyclic amines) is 1. The van der Waals surface area contributed by atoms with Crippen molar-refractivity contribution in [2.45, 2.75) is 83.7 Å². The molecule has 19 heavy (non-hydrogen) atoms. The minimum atomic E-state index is 0.478. The molecule has 1 aliphatic heterocycles. The van der Waals surface area contributed by atoms with Crippen molar-refractivity contribution in [3.05, 3.63) is 0 Å². The second kappa shape index (κ2) is 7.08. The summed E-state index contributed by atoms with van der Waals surface area (Å²) in [4.78, 5) is 2.88. The van der Waals surface area contributed by atoms with Crippen LogP contribution in [0.4, 0.5) is 0 Å². The first-order valence-corrected chi connectivity index (χ1v) is 8.73. The van der Waals surface area contributed by atoms with Crippen LogP contribution in [0.15, 0.2) is 0 Å². The van der Waals surface area contributed by atoms with E-state index in [1.165, 1.54) is 64.5 Å². The Bertz CT molecular complexity index is 252. The van der Waals surface area contributed by atoms with E-state index < -0.39 is 0 Å². The van der Waals surface area contributed by atoms with Gasteiger partial charge in [-0.05, 0) is 51.2 Å². The van der Waals surface area contributed by atoms with Gasteiger partial charge in [0.25, 0.3) is 0 Å². The smallest absolute Gasteiger partial charge is 0.0365 e. The van der Waals surface area contributed by atoms with E-state index in [1.54, 1.807) is 0 Å². The van der Waals surface area contributed by atoms with Crippen LogP contribution < -0.4 is 5.32 Å². The summed E-state index contributed by atoms with van der Waals surface area (Å²) < 4.78 is 0. The first-order valence-electron chi connectivity index (χ1n) is 8.73. The van der Waals surface area contributed by atoms with Crippen molar-refractivity contribution in [1.29, 1.82) is 0 Å². The van der Waals surface area contributed by atoms with Gasteiger partial charge in [-0.2, -0.15) is 0 Å². The van der Waals surface area contributed by atoms with Gasteiger partial charge in [0.1, 0.15) is 0 Å². The summed E-state index contributed by atoms with van der Waals surface area (Å²) in [6, 6.07) is 0.697. The van der Waals surface area contributed by atoms with E-state index in [1.807, 2.05) is 0 Å². The highest BCUT2D eigenvalue weighted by Crippen LogP contribution is 2.42. The molecule has 112 valence electrons. The van der Waals surface area contributed by atoms with Gasteiger partial charge >= 0.3 is 0 Å². The number of nitrogens with zero attached hydrogens (tertiary/aromatic N) is 1. The SMILES string of the molecule is CCNC(C(C)CC)C1(N2CCCCC2)CCCC1. The summed E-state index contributed by atoms with van der Waals surface area (Å²) in [5.41, 5.74) is 0.478. The first kappa shape index (κ1) is 15.3. The Morgan fingerprint density at radius 2 is 1.63 bits per heavy atom. The monoisotopic (exact) mass is 266 g/mol. The standard InChI is InChI=1S/C17H34N2/c1-4-15(3)16(18-5-2)17(11-7-8-12-17)19-13-9-6-10-14-19/h15-16,18H,4-14H2,1-3H3. The van der Waals surface area contributed by atoms with E-state index in [4.69, 9.17) is 0 Å². The quantitative estimate of drug-likeness (QED) is 0.786. The van der Waals surface area contributed by atoms with Gasteiger partial charge in [-0.1, -0.05) is 46.5 Å². The second-order valence-electron chi connectivity index (χ2n) is 6.78. The molecular weight excluding hydrogens is 232 g/mol. The van der Waals surface area contributed by atoms with Crippen molar-refractivity contribution in [2.24, 2.45) is 5.92 Å². The molecule has 1 saturated carbocycles. The molecule has 0 aromatic heterocycles. The van der Waals surface area contributed by atoms with E-state index in [2.05, 4.69) is 31.0 Å². The molecule has 0 aromatic rings. The molecule has 1 N–H and O–H groups in total. The molecule has 2 rings (SSSR count). The molecule has 0 radical (unpaired) electrons. The topological polar surface area (TPSA) is 15.3 Å². The first-order chi connectivity index (χ1) is 9.24. The zero-order valence-corrected chi connectivity index (χ0v) is 13.4. The molecule has 2 unspecified atom stereocenters. The van der Waals surface area contributed by atoms with Gasteiger partial charge in [0.15, 0.2) is 0 Å². The summed E-state index contributed by atoms with van der Waals surface area (Å²) in [5, 5.41) is 3.87. The normalized spacial score (nSPS) is 27.3. The van der Waals surface area contributed by atoms with Crippen LogP contribution in [-0.4, -0.2) is 36.1 Å². The minimum Gasteiger partial charge on any atom is -0.312 e. The molecule has 2 aliphatic rings. The van der Waals surface area contributed by atoms with Crippen molar-refractivity contribution >= 4 is 0 Å². The van der Waals surface area contributed by atoms with Crippen LogP contribution in [0.25, 0.3) is 0 Å². The Morgan fingerprint density at radius 3 is 2.16 bits per heavy atom. The Kier molecular flexibility index (Phi) is 5.70. The van der Waals surface area contributed by atoms with Crippen LogP contribution >= 0.6 is 0 Å².